The van der Waals surface area contributed by atoms with Gasteiger partial charge in [-0.3, -0.25) is 14.5 Å². The lowest BCUT2D eigenvalue weighted by Crippen LogP contribution is -2.51. The molecule has 0 spiro atoms. The van der Waals surface area contributed by atoms with Crippen molar-refractivity contribution in [3.63, 3.8) is 0 Å². The first-order chi connectivity index (χ1) is 10.2. The maximum Gasteiger partial charge on any atom is 0.320 e. The summed E-state index contributed by atoms with van der Waals surface area (Å²) in [6, 6.07) is 0. The summed E-state index contributed by atoms with van der Waals surface area (Å²) in [6.07, 6.45) is -1.15. The van der Waals surface area contributed by atoms with Gasteiger partial charge in [0.1, 0.15) is 5.60 Å². The van der Waals surface area contributed by atoms with Crippen molar-refractivity contribution >= 4 is 11.9 Å². The summed E-state index contributed by atoms with van der Waals surface area (Å²) in [4.78, 5) is 27.1. The van der Waals surface area contributed by atoms with E-state index in [1.807, 2.05) is 0 Å². The molecule has 1 heterocycles. The van der Waals surface area contributed by atoms with Gasteiger partial charge in [0, 0.05) is 18.0 Å². The number of carboxylic acids is 1. The minimum absolute atomic E-state index is 0.0452. The highest BCUT2D eigenvalue weighted by molar-refractivity contribution is 5.72. The van der Waals surface area contributed by atoms with Crippen LogP contribution < -0.4 is 0 Å². The van der Waals surface area contributed by atoms with Gasteiger partial charge in [0.2, 0.25) is 0 Å². The Bertz CT molecular complexity index is 444. The van der Waals surface area contributed by atoms with Crippen LogP contribution in [0.25, 0.3) is 10.4 Å². The number of carbonyl (C=O) groups excluding carboxylic acids is 1. The third kappa shape index (κ3) is 7.26. The number of carbonyl (C=O) groups is 2. The average Bonchev–Trinajstić information content (AvgIpc) is 2.32. The van der Waals surface area contributed by atoms with E-state index in [1.54, 1.807) is 25.7 Å². The quantitative estimate of drug-likeness (QED) is 0.340. The molecule has 1 N–H and O–H groups in total. The fourth-order valence-electron chi connectivity index (χ4n) is 2.23. The normalized spacial score (nSPS) is 22.7. The smallest absolute Gasteiger partial charge is 0.320 e. The van der Waals surface area contributed by atoms with Gasteiger partial charge in [0.05, 0.1) is 31.7 Å². The van der Waals surface area contributed by atoms with Gasteiger partial charge >= 0.3 is 11.9 Å². The van der Waals surface area contributed by atoms with Crippen molar-refractivity contribution in [3.05, 3.63) is 10.4 Å². The number of nitrogens with zero attached hydrogens (tertiary/aromatic N) is 4. The van der Waals surface area contributed by atoms with Crippen LogP contribution in [-0.4, -0.2) is 65.9 Å². The molecule has 1 rings (SSSR count). The Morgan fingerprint density at radius 1 is 1.41 bits per heavy atom. The fraction of sp³-hybridized carbons (Fsp3) is 0.846. The van der Waals surface area contributed by atoms with Crippen LogP contribution in [0.15, 0.2) is 5.11 Å². The molecular weight excluding hydrogens is 292 g/mol. The Labute approximate surface area is 128 Å². The number of azide groups is 1. The molecule has 1 saturated heterocycles. The second kappa shape index (κ2) is 7.98. The van der Waals surface area contributed by atoms with E-state index >= 15 is 0 Å². The number of ether oxygens (including phenoxy) is 2. The highest BCUT2D eigenvalue weighted by Gasteiger charge is 2.30. The highest BCUT2D eigenvalue weighted by Crippen LogP contribution is 2.16. The Morgan fingerprint density at radius 3 is 2.59 bits per heavy atom. The van der Waals surface area contributed by atoms with Crippen LogP contribution in [0.4, 0.5) is 0 Å². The van der Waals surface area contributed by atoms with Gasteiger partial charge in [-0.15, -0.1) is 0 Å². The molecule has 0 radical (unpaired) electrons. The molecule has 0 aromatic heterocycles. The van der Waals surface area contributed by atoms with Gasteiger partial charge in [-0.05, 0) is 26.3 Å². The monoisotopic (exact) mass is 314 g/mol. The molecule has 0 amide bonds. The van der Waals surface area contributed by atoms with Crippen molar-refractivity contribution in [2.45, 2.75) is 45.0 Å². The molecule has 9 heteroatoms. The van der Waals surface area contributed by atoms with Crippen molar-refractivity contribution < 1.29 is 24.2 Å². The molecule has 0 saturated carbocycles. The summed E-state index contributed by atoms with van der Waals surface area (Å²) in [7, 11) is 0. The Morgan fingerprint density at radius 2 is 2.05 bits per heavy atom. The third-order valence-corrected chi connectivity index (χ3v) is 2.83. The molecule has 0 aliphatic carbocycles. The lowest BCUT2D eigenvalue weighted by atomic mass is 10.1. The van der Waals surface area contributed by atoms with E-state index in [9.17, 15) is 9.59 Å². The predicted octanol–water partition coefficient (Wildman–Crippen LogP) is 1.18. The number of esters is 1. The minimum atomic E-state index is -0.980. The number of morpholine rings is 1. The zero-order valence-corrected chi connectivity index (χ0v) is 13.1. The zero-order chi connectivity index (χ0) is 16.8. The Kier molecular flexibility index (Phi) is 6.61. The van der Waals surface area contributed by atoms with Crippen LogP contribution in [0.2, 0.25) is 0 Å². The van der Waals surface area contributed by atoms with Crippen molar-refractivity contribution in [2.75, 3.05) is 26.2 Å². The van der Waals surface area contributed by atoms with E-state index in [0.717, 1.165) is 0 Å². The van der Waals surface area contributed by atoms with Crippen molar-refractivity contribution in [3.8, 4) is 0 Å². The molecule has 22 heavy (non-hydrogen) atoms. The largest absolute Gasteiger partial charge is 0.481 e. The van der Waals surface area contributed by atoms with E-state index in [1.165, 1.54) is 0 Å². The molecule has 2 atom stereocenters. The van der Waals surface area contributed by atoms with E-state index < -0.39 is 23.8 Å². The third-order valence-electron chi connectivity index (χ3n) is 2.83. The molecule has 0 bridgehead atoms. The van der Waals surface area contributed by atoms with Gasteiger partial charge in [-0.2, -0.15) is 0 Å². The molecule has 0 aromatic rings. The summed E-state index contributed by atoms with van der Waals surface area (Å²) in [5.41, 5.74) is 7.79. The van der Waals surface area contributed by atoms with Crippen LogP contribution >= 0.6 is 0 Å². The van der Waals surface area contributed by atoms with E-state index in [4.69, 9.17) is 20.1 Å². The van der Waals surface area contributed by atoms with E-state index in [0.29, 0.717) is 13.1 Å². The van der Waals surface area contributed by atoms with E-state index in [-0.39, 0.29) is 25.5 Å². The summed E-state index contributed by atoms with van der Waals surface area (Å²) in [5, 5.41) is 12.3. The Balaban J connectivity index is 2.64. The van der Waals surface area contributed by atoms with Crippen LogP contribution in [0, 0.1) is 0 Å². The van der Waals surface area contributed by atoms with Crippen LogP contribution in [0.1, 0.15) is 27.2 Å². The standard InChI is InChI=1S/C13H22N4O5/c1-13(2,3)22-12(20)8-17-6-9(4-11(18)19)21-10(7-17)5-15-16-14/h9-10H,4-8H2,1-3H3,(H,18,19)/t9-,10+/m0/s1. The Hall–Kier alpha value is -1.83. The lowest BCUT2D eigenvalue weighted by molar-refractivity contribution is -0.160. The van der Waals surface area contributed by atoms with Gasteiger partial charge in [0.15, 0.2) is 0 Å². The highest BCUT2D eigenvalue weighted by atomic mass is 16.6. The lowest BCUT2D eigenvalue weighted by Gasteiger charge is -2.37. The second-order valence-corrected chi connectivity index (χ2v) is 6.17. The predicted molar refractivity (Wildman–Crippen MR) is 77.2 cm³/mol. The number of aliphatic carboxylic acids is 1. The van der Waals surface area contributed by atoms with Gasteiger partial charge < -0.3 is 14.6 Å². The molecule has 9 nitrogen and oxygen atoms in total. The summed E-state index contributed by atoms with van der Waals surface area (Å²) in [6.45, 7) is 6.18. The summed E-state index contributed by atoms with van der Waals surface area (Å²) in [5.74, 6) is -1.36. The first-order valence-corrected chi connectivity index (χ1v) is 7.02. The van der Waals surface area contributed by atoms with Crippen molar-refractivity contribution in [2.24, 2.45) is 5.11 Å². The summed E-state index contributed by atoms with van der Waals surface area (Å²) < 4.78 is 10.8. The number of carboxylic acid groups (broad SMARTS) is 1. The van der Waals surface area contributed by atoms with Crippen LogP contribution in [0.3, 0.4) is 0 Å². The maximum absolute atomic E-state index is 11.9. The molecule has 1 aliphatic heterocycles. The summed E-state index contributed by atoms with van der Waals surface area (Å²) >= 11 is 0. The number of hydrogen-bond donors (Lipinski definition) is 1. The first kappa shape index (κ1) is 18.2. The fourth-order valence-corrected chi connectivity index (χ4v) is 2.23. The van der Waals surface area contributed by atoms with Gasteiger partial charge in [0.25, 0.3) is 0 Å². The number of hydrogen-bond acceptors (Lipinski definition) is 6. The molecule has 0 aromatic carbocycles. The average molecular weight is 314 g/mol. The second-order valence-electron chi connectivity index (χ2n) is 6.17. The van der Waals surface area contributed by atoms with Gasteiger partial charge in [-0.1, -0.05) is 5.11 Å². The number of rotatable bonds is 6. The molecular formula is C13H22N4O5. The molecule has 1 fully saturated rings. The van der Waals surface area contributed by atoms with Crippen molar-refractivity contribution in [1.82, 2.24) is 4.90 Å². The topological polar surface area (TPSA) is 125 Å². The molecule has 1 aliphatic rings. The van der Waals surface area contributed by atoms with Crippen LogP contribution in [-0.2, 0) is 19.1 Å². The van der Waals surface area contributed by atoms with Crippen molar-refractivity contribution in [1.29, 1.82) is 0 Å². The minimum Gasteiger partial charge on any atom is -0.481 e. The maximum atomic E-state index is 11.9. The van der Waals surface area contributed by atoms with E-state index in [2.05, 4.69) is 10.0 Å². The van der Waals surface area contributed by atoms with Gasteiger partial charge in [-0.25, -0.2) is 0 Å². The SMILES string of the molecule is CC(C)(C)OC(=O)CN1C[C@@H](CN=[N+]=[N-])O[C@@H](CC(=O)O)C1. The zero-order valence-electron chi connectivity index (χ0n) is 13.1. The molecule has 0 unspecified atom stereocenters. The first-order valence-electron chi connectivity index (χ1n) is 7.02. The van der Waals surface area contributed by atoms with Crippen LogP contribution in [0.5, 0.6) is 0 Å². The molecule has 124 valence electrons.